The van der Waals surface area contributed by atoms with Gasteiger partial charge in [-0.15, -0.1) is 11.3 Å². The minimum absolute atomic E-state index is 0.0325. The lowest BCUT2D eigenvalue weighted by Crippen LogP contribution is -2.19. The average Bonchev–Trinajstić information content (AvgIpc) is 2.47. The summed E-state index contributed by atoms with van der Waals surface area (Å²) in [6, 6.07) is -0.0325. The van der Waals surface area contributed by atoms with Crippen LogP contribution in [0.25, 0.3) is 0 Å². The number of rotatable bonds is 4. The van der Waals surface area contributed by atoms with E-state index in [1.54, 1.807) is 11.3 Å². The van der Waals surface area contributed by atoms with E-state index in [9.17, 15) is 0 Å². The summed E-state index contributed by atoms with van der Waals surface area (Å²) in [5.74, 6) is 0. The van der Waals surface area contributed by atoms with E-state index in [-0.39, 0.29) is 12.1 Å². The highest BCUT2D eigenvalue weighted by Crippen LogP contribution is 2.19. The largest absolute Gasteiger partial charge is 0.377 e. The molecule has 4 heteroatoms. The van der Waals surface area contributed by atoms with Gasteiger partial charge in [-0.2, -0.15) is 0 Å². The lowest BCUT2D eigenvalue weighted by molar-refractivity contribution is 0.0687. The van der Waals surface area contributed by atoms with Crippen molar-refractivity contribution >= 4 is 11.3 Å². The Hall–Kier alpha value is -0.450. The van der Waals surface area contributed by atoms with Crippen LogP contribution in [0.5, 0.6) is 0 Å². The van der Waals surface area contributed by atoms with Gasteiger partial charge in [-0.1, -0.05) is 0 Å². The van der Waals surface area contributed by atoms with Crippen LogP contribution < -0.4 is 5.73 Å². The first-order valence-corrected chi connectivity index (χ1v) is 5.26. The van der Waals surface area contributed by atoms with Crippen LogP contribution in [-0.2, 0) is 4.74 Å². The first kappa shape index (κ1) is 10.6. The quantitative estimate of drug-likeness (QED) is 0.807. The minimum atomic E-state index is -0.0325. The van der Waals surface area contributed by atoms with Crippen molar-refractivity contribution in [2.24, 2.45) is 5.73 Å². The molecule has 0 saturated carbocycles. The molecule has 0 aromatic carbocycles. The molecule has 1 aromatic heterocycles. The van der Waals surface area contributed by atoms with Gasteiger partial charge in [-0.25, -0.2) is 4.98 Å². The van der Waals surface area contributed by atoms with Crippen molar-refractivity contribution < 1.29 is 4.74 Å². The molecule has 0 spiro atoms. The Morgan fingerprint density at radius 1 is 1.62 bits per heavy atom. The predicted molar refractivity (Wildman–Crippen MR) is 54.9 cm³/mol. The fourth-order valence-corrected chi connectivity index (χ4v) is 1.83. The maximum atomic E-state index is 5.93. The first-order valence-electron chi connectivity index (χ1n) is 4.38. The van der Waals surface area contributed by atoms with E-state index in [0.29, 0.717) is 6.61 Å². The molecule has 0 saturated heterocycles. The third-order valence-corrected chi connectivity index (χ3v) is 2.79. The highest BCUT2D eigenvalue weighted by Gasteiger charge is 2.11. The van der Waals surface area contributed by atoms with Crippen LogP contribution in [0.15, 0.2) is 5.51 Å². The molecule has 13 heavy (non-hydrogen) atoms. The van der Waals surface area contributed by atoms with E-state index in [4.69, 9.17) is 10.5 Å². The molecular weight excluding hydrogens is 184 g/mol. The van der Waals surface area contributed by atoms with Crippen molar-refractivity contribution in [3.63, 3.8) is 0 Å². The highest BCUT2D eigenvalue weighted by molar-refractivity contribution is 7.09. The summed E-state index contributed by atoms with van der Waals surface area (Å²) >= 11 is 1.59. The SMILES string of the molecule is Cc1ncsc1C(N)COC(C)C. The summed E-state index contributed by atoms with van der Waals surface area (Å²) in [6.45, 7) is 6.56. The van der Waals surface area contributed by atoms with E-state index in [1.807, 2.05) is 26.3 Å². The van der Waals surface area contributed by atoms with Crippen LogP contribution in [-0.4, -0.2) is 17.7 Å². The van der Waals surface area contributed by atoms with Crippen molar-refractivity contribution in [2.75, 3.05) is 6.61 Å². The molecule has 1 unspecified atom stereocenters. The number of thiazole rings is 1. The van der Waals surface area contributed by atoms with Gasteiger partial charge >= 0.3 is 0 Å². The summed E-state index contributed by atoms with van der Waals surface area (Å²) in [7, 11) is 0. The van der Waals surface area contributed by atoms with Crippen molar-refractivity contribution in [1.82, 2.24) is 4.98 Å². The number of aromatic nitrogens is 1. The summed E-state index contributed by atoms with van der Waals surface area (Å²) in [5.41, 5.74) is 8.77. The molecule has 3 nitrogen and oxygen atoms in total. The third kappa shape index (κ3) is 3.06. The average molecular weight is 200 g/mol. The Labute approximate surface area is 82.9 Å². The second-order valence-electron chi connectivity index (χ2n) is 3.29. The topological polar surface area (TPSA) is 48.1 Å². The van der Waals surface area contributed by atoms with Crippen molar-refractivity contribution in [1.29, 1.82) is 0 Å². The number of ether oxygens (including phenoxy) is 1. The molecule has 1 rings (SSSR count). The molecule has 2 N–H and O–H groups in total. The zero-order chi connectivity index (χ0) is 9.84. The van der Waals surface area contributed by atoms with Gasteiger partial charge in [-0.05, 0) is 20.8 Å². The van der Waals surface area contributed by atoms with E-state index in [2.05, 4.69) is 4.98 Å². The first-order chi connectivity index (χ1) is 6.11. The highest BCUT2D eigenvalue weighted by atomic mass is 32.1. The fourth-order valence-electron chi connectivity index (χ4n) is 1.04. The monoisotopic (exact) mass is 200 g/mol. The molecule has 0 aliphatic carbocycles. The number of nitrogens with two attached hydrogens (primary N) is 1. The second-order valence-corrected chi connectivity index (χ2v) is 4.18. The van der Waals surface area contributed by atoms with Gasteiger partial charge in [0.15, 0.2) is 0 Å². The van der Waals surface area contributed by atoms with Gasteiger partial charge in [0.1, 0.15) is 0 Å². The smallest absolute Gasteiger partial charge is 0.0798 e. The van der Waals surface area contributed by atoms with Gasteiger partial charge in [0.05, 0.1) is 30.0 Å². The van der Waals surface area contributed by atoms with Crippen molar-refractivity contribution in [2.45, 2.75) is 32.9 Å². The lowest BCUT2D eigenvalue weighted by Gasteiger charge is -2.13. The lowest BCUT2D eigenvalue weighted by atomic mass is 10.2. The molecule has 1 heterocycles. The number of nitrogens with zero attached hydrogens (tertiary/aromatic N) is 1. The van der Waals surface area contributed by atoms with Crippen molar-refractivity contribution in [3.05, 3.63) is 16.1 Å². The Bertz CT molecular complexity index is 260. The summed E-state index contributed by atoms with van der Waals surface area (Å²) in [4.78, 5) is 5.27. The zero-order valence-corrected chi connectivity index (χ0v) is 9.10. The molecule has 0 aliphatic heterocycles. The Morgan fingerprint density at radius 2 is 2.31 bits per heavy atom. The van der Waals surface area contributed by atoms with E-state index in [1.165, 1.54) is 0 Å². The van der Waals surface area contributed by atoms with Gasteiger partial charge in [0.2, 0.25) is 0 Å². The van der Waals surface area contributed by atoms with Gasteiger partial charge in [0, 0.05) is 4.88 Å². The van der Waals surface area contributed by atoms with E-state index < -0.39 is 0 Å². The number of hydrogen-bond acceptors (Lipinski definition) is 4. The van der Waals surface area contributed by atoms with Crippen molar-refractivity contribution in [3.8, 4) is 0 Å². The summed E-state index contributed by atoms with van der Waals surface area (Å²) < 4.78 is 5.44. The molecule has 74 valence electrons. The number of hydrogen-bond donors (Lipinski definition) is 1. The van der Waals surface area contributed by atoms with Crippen LogP contribution >= 0.6 is 11.3 Å². The maximum absolute atomic E-state index is 5.93. The summed E-state index contributed by atoms with van der Waals surface area (Å²) in [6.07, 6.45) is 0.235. The van der Waals surface area contributed by atoms with Crippen LogP contribution in [0.1, 0.15) is 30.5 Å². The predicted octanol–water partition coefficient (Wildman–Crippen LogP) is 1.88. The van der Waals surface area contributed by atoms with E-state index >= 15 is 0 Å². The molecule has 0 aliphatic rings. The number of aryl methyl sites for hydroxylation is 1. The molecule has 0 fully saturated rings. The Balaban J connectivity index is 2.49. The van der Waals surface area contributed by atoms with Crippen LogP contribution in [0.2, 0.25) is 0 Å². The molecule has 0 amide bonds. The molecular formula is C9H16N2OS. The van der Waals surface area contributed by atoms with Crippen LogP contribution in [0.4, 0.5) is 0 Å². The molecule has 0 bridgehead atoms. The van der Waals surface area contributed by atoms with Crippen LogP contribution in [0.3, 0.4) is 0 Å². The fraction of sp³-hybridized carbons (Fsp3) is 0.667. The normalized spacial score (nSPS) is 13.6. The van der Waals surface area contributed by atoms with Gasteiger partial charge in [-0.3, -0.25) is 0 Å². The van der Waals surface area contributed by atoms with Crippen LogP contribution in [0, 0.1) is 6.92 Å². The van der Waals surface area contributed by atoms with Gasteiger partial charge in [0.25, 0.3) is 0 Å². The Kier molecular flexibility index (Phi) is 3.84. The molecule has 1 atom stereocenters. The second kappa shape index (κ2) is 4.69. The molecule has 0 radical (unpaired) electrons. The maximum Gasteiger partial charge on any atom is 0.0798 e. The summed E-state index contributed by atoms with van der Waals surface area (Å²) in [5, 5.41) is 0. The van der Waals surface area contributed by atoms with E-state index in [0.717, 1.165) is 10.6 Å². The van der Waals surface area contributed by atoms with Gasteiger partial charge < -0.3 is 10.5 Å². The third-order valence-electron chi connectivity index (χ3n) is 1.73. The Morgan fingerprint density at radius 3 is 2.77 bits per heavy atom. The minimum Gasteiger partial charge on any atom is -0.377 e. The molecule has 1 aromatic rings. The zero-order valence-electron chi connectivity index (χ0n) is 8.28. The standard InChI is InChI=1S/C9H16N2OS/c1-6(2)12-4-8(10)9-7(3)11-5-13-9/h5-6,8H,4,10H2,1-3H3.